The molecule has 102 valence electrons. The third-order valence-corrected chi connectivity index (χ3v) is 2.68. The number of rotatable bonds is 4. The maximum Gasteiger partial charge on any atom is 0.358 e. The summed E-state index contributed by atoms with van der Waals surface area (Å²) in [6, 6.07) is 6.97. The van der Waals surface area contributed by atoms with Gasteiger partial charge in [0.05, 0.1) is 12.3 Å². The standard InChI is InChI=1S/C14H13N3O3/c1-3-20-14(19)12-9(2)16-13(17-12)10-6-4-5-7-11(10)15-8-18/h4-7H,3H2,1-2H3,(H,16,17). The summed E-state index contributed by atoms with van der Waals surface area (Å²) in [6.07, 6.45) is 1.50. The van der Waals surface area contributed by atoms with Gasteiger partial charge in [-0.3, -0.25) is 0 Å². The Morgan fingerprint density at radius 3 is 2.90 bits per heavy atom. The molecule has 0 radical (unpaired) electrons. The monoisotopic (exact) mass is 271 g/mol. The summed E-state index contributed by atoms with van der Waals surface area (Å²) in [4.78, 5) is 33.0. The van der Waals surface area contributed by atoms with Crippen molar-refractivity contribution in [1.29, 1.82) is 0 Å². The van der Waals surface area contributed by atoms with E-state index in [0.29, 0.717) is 22.8 Å². The molecular formula is C14H13N3O3. The maximum absolute atomic E-state index is 11.7. The van der Waals surface area contributed by atoms with Crippen molar-refractivity contribution in [2.45, 2.75) is 13.8 Å². The van der Waals surface area contributed by atoms with Gasteiger partial charge in [0.1, 0.15) is 5.82 Å². The highest BCUT2D eigenvalue weighted by molar-refractivity contribution is 5.89. The van der Waals surface area contributed by atoms with Gasteiger partial charge in [0.25, 0.3) is 0 Å². The van der Waals surface area contributed by atoms with Gasteiger partial charge in [-0.25, -0.2) is 14.6 Å². The SMILES string of the molecule is CCOC(=O)c1nc(-c2ccccc2N=C=O)[nH]c1C. The van der Waals surface area contributed by atoms with Gasteiger partial charge in [0.15, 0.2) is 5.69 Å². The second-order valence-corrected chi connectivity index (χ2v) is 4.00. The van der Waals surface area contributed by atoms with Crippen molar-refractivity contribution in [3.63, 3.8) is 0 Å². The van der Waals surface area contributed by atoms with E-state index in [1.54, 1.807) is 38.1 Å². The first-order chi connectivity index (χ1) is 9.67. The Morgan fingerprint density at radius 2 is 2.20 bits per heavy atom. The Bertz CT molecular complexity index is 685. The van der Waals surface area contributed by atoms with Crippen molar-refractivity contribution in [2.24, 2.45) is 4.99 Å². The first-order valence-corrected chi connectivity index (χ1v) is 6.08. The molecule has 1 aromatic heterocycles. The van der Waals surface area contributed by atoms with E-state index in [0.717, 1.165) is 0 Å². The normalized spacial score (nSPS) is 9.90. The molecule has 0 aliphatic carbocycles. The van der Waals surface area contributed by atoms with Gasteiger partial charge in [-0.15, -0.1) is 0 Å². The number of ether oxygens (including phenoxy) is 1. The Kier molecular flexibility index (Phi) is 4.08. The van der Waals surface area contributed by atoms with Crippen molar-refractivity contribution in [3.05, 3.63) is 35.7 Å². The van der Waals surface area contributed by atoms with E-state index in [1.165, 1.54) is 6.08 Å². The molecule has 0 bridgehead atoms. The molecule has 1 heterocycles. The van der Waals surface area contributed by atoms with Gasteiger partial charge in [-0.2, -0.15) is 4.99 Å². The van der Waals surface area contributed by atoms with Crippen LogP contribution in [0.15, 0.2) is 29.3 Å². The molecule has 0 saturated carbocycles. The number of nitrogens with zero attached hydrogens (tertiary/aromatic N) is 2. The summed E-state index contributed by atoms with van der Waals surface area (Å²) in [5, 5.41) is 0. The molecule has 0 fully saturated rings. The van der Waals surface area contributed by atoms with Crippen LogP contribution in [-0.2, 0) is 9.53 Å². The second-order valence-electron chi connectivity index (χ2n) is 4.00. The van der Waals surface area contributed by atoms with E-state index in [2.05, 4.69) is 15.0 Å². The minimum absolute atomic E-state index is 0.228. The molecule has 6 heteroatoms. The minimum Gasteiger partial charge on any atom is -0.461 e. The predicted octanol–water partition coefficient (Wildman–Crippen LogP) is 2.53. The number of hydrogen-bond acceptors (Lipinski definition) is 5. The van der Waals surface area contributed by atoms with Crippen molar-refractivity contribution < 1.29 is 14.3 Å². The van der Waals surface area contributed by atoms with Crippen LogP contribution >= 0.6 is 0 Å². The fourth-order valence-electron chi connectivity index (χ4n) is 1.81. The van der Waals surface area contributed by atoms with Crippen molar-refractivity contribution in [2.75, 3.05) is 6.61 Å². The highest BCUT2D eigenvalue weighted by Gasteiger charge is 2.17. The van der Waals surface area contributed by atoms with Crippen LogP contribution in [0.2, 0.25) is 0 Å². The van der Waals surface area contributed by atoms with Crippen LogP contribution in [-0.4, -0.2) is 28.6 Å². The van der Waals surface area contributed by atoms with Gasteiger partial charge in [-0.05, 0) is 26.0 Å². The fraction of sp³-hybridized carbons (Fsp3) is 0.214. The Labute approximate surface area is 115 Å². The lowest BCUT2D eigenvalue weighted by Crippen LogP contribution is -2.06. The van der Waals surface area contributed by atoms with E-state index < -0.39 is 5.97 Å². The van der Waals surface area contributed by atoms with E-state index in [-0.39, 0.29) is 12.3 Å². The maximum atomic E-state index is 11.7. The molecule has 0 unspecified atom stereocenters. The molecule has 6 nitrogen and oxygen atoms in total. The number of isocyanates is 1. The van der Waals surface area contributed by atoms with Gasteiger partial charge >= 0.3 is 5.97 Å². The highest BCUT2D eigenvalue weighted by Crippen LogP contribution is 2.28. The quantitative estimate of drug-likeness (QED) is 0.526. The van der Waals surface area contributed by atoms with Crippen molar-refractivity contribution in [1.82, 2.24) is 9.97 Å². The number of carbonyl (C=O) groups is 1. The number of carbonyl (C=O) groups excluding carboxylic acids is 2. The van der Waals surface area contributed by atoms with Crippen molar-refractivity contribution in [3.8, 4) is 11.4 Å². The first-order valence-electron chi connectivity index (χ1n) is 6.08. The lowest BCUT2D eigenvalue weighted by atomic mass is 10.2. The molecule has 0 aliphatic rings. The number of aryl methyl sites for hydroxylation is 1. The van der Waals surface area contributed by atoms with Crippen LogP contribution in [0.5, 0.6) is 0 Å². The van der Waals surface area contributed by atoms with E-state index >= 15 is 0 Å². The number of para-hydroxylation sites is 1. The summed E-state index contributed by atoms with van der Waals surface area (Å²) in [7, 11) is 0. The lowest BCUT2D eigenvalue weighted by Gasteiger charge is -2.00. The summed E-state index contributed by atoms with van der Waals surface area (Å²) < 4.78 is 4.93. The Morgan fingerprint density at radius 1 is 1.45 bits per heavy atom. The van der Waals surface area contributed by atoms with Crippen LogP contribution in [0.1, 0.15) is 23.1 Å². The third-order valence-electron chi connectivity index (χ3n) is 2.68. The molecular weight excluding hydrogens is 258 g/mol. The molecule has 0 saturated heterocycles. The Hall–Kier alpha value is -2.72. The molecule has 0 aliphatic heterocycles. The highest BCUT2D eigenvalue weighted by atomic mass is 16.5. The van der Waals surface area contributed by atoms with Crippen molar-refractivity contribution >= 4 is 17.7 Å². The zero-order valence-corrected chi connectivity index (χ0v) is 11.1. The average molecular weight is 271 g/mol. The molecule has 1 N–H and O–H groups in total. The third kappa shape index (κ3) is 2.65. The smallest absolute Gasteiger partial charge is 0.358 e. The van der Waals surface area contributed by atoms with E-state index in [4.69, 9.17) is 4.74 Å². The van der Waals surface area contributed by atoms with Crippen LogP contribution in [0.4, 0.5) is 5.69 Å². The minimum atomic E-state index is -0.483. The summed E-state index contributed by atoms with van der Waals surface area (Å²) in [5.41, 5.74) is 1.89. The number of aromatic amines is 1. The first kappa shape index (κ1) is 13.7. The molecule has 2 rings (SSSR count). The van der Waals surface area contributed by atoms with Gasteiger partial charge in [0, 0.05) is 11.3 Å². The topological polar surface area (TPSA) is 84.4 Å². The van der Waals surface area contributed by atoms with Gasteiger partial charge in [-0.1, -0.05) is 12.1 Å². The summed E-state index contributed by atoms with van der Waals surface area (Å²) in [5.74, 6) is -0.0241. The molecule has 1 aromatic carbocycles. The zero-order chi connectivity index (χ0) is 14.5. The number of aromatic nitrogens is 2. The summed E-state index contributed by atoms with van der Waals surface area (Å²) in [6.45, 7) is 3.75. The van der Waals surface area contributed by atoms with E-state index in [9.17, 15) is 9.59 Å². The van der Waals surface area contributed by atoms with Crippen LogP contribution in [0.25, 0.3) is 11.4 Å². The molecule has 0 spiro atoms. The number of benzene rings is 1. The fourth-order valence-corrected chi connectivity index (χ4v) is 1.81. The number of H-pyrrole nitrogens is 1. The number of aliphatic imine (C=N–C) groups is 1. The second kappa shape index (κ2) is 5.95. The molecule has 20 heavy (non-hydrogen) atoms. The lowest BCUT2D eigenvalue weighted by molar-refractivity contribution is 0.0519. The van der Waals surface area contributed by atoms with Crippen LogP contribution in [0.3, 0.4) is 0 Å². The summed E-state index contributed by atoms with van der Waals surface area (Å²) >= 11 is 0. The van der Waals surface area contributed by atoms with Gasteiger partial charge < -0.3 is 9.72 Å². The average Bonchev–Trinajstić information content (AvgIpc) is 2.82. The number of nitrogens with one attached hydrogen (secondary N) is 1. The Balaban J connectivity index is 2.47. The van der Waals surface area contributed by atoms with Gasteiger partial charge in [0.2, 0.25) is 6.08 Å². The van der Waals surface area contributed by atoms with E-state index in [1.807, 2.05) is 0 Å². The van der Waals surface area contributed by atoms with Crippen LogP contribution < -0.4 is 0 Å². The van der Waals surface area contributed by atoms with Crippen LogP contribution in [0, 0.1) is 6.92 Å². The zero-order valence-electron chi connectivity index (χ0n) is 11.1. The largest absolute Gasteiger partial charge is 0.461 e. The molecule has 0 atom stereocenters. The number of hydrogen-bond donors (Lipinski definition) is 1. The predicted molar refractivity (Wildman–Crippen MR) is 72.5 cm³/mol. The number of esters is 1. The molecule has 0 amide bonds. The molecule has 2 aromatic rings. The number of imidazole rings is 1.